The Morgan fingerprint density at radius 1 is 0.902 bits per heavy atom. The molecule has 1 aliphatic rings. The van der Waals surface area contributed by atoms with E-state index in [4.69, 9.17) is 4.74 Å². The zero-order valence-corrected chi connectivity index (χ0v) is 24.6. The molecule has 1 aliphatic carbocycles. The molecule has 4 rings (SSSR count). The van der Waals surface area contributed by atoms with Gasteiger partial charge in [-0.1, -0.05) is 68.3 Å². The minimum absolute atomic E-state index is 0.0716. The summed E-state index contributed by atoms with van der Waals surface area (Å²) in [6.07, 6.45) is 4.39. The summed E-state index contributed by atoms with van der Waals surface area (Å²) >= 11 is 0. The molecule has 0 aromatic heterocycles. The highest BCUT2D eigenvalue weighted by atomic mass is 32.2. The lowest BCUT2D eigenvalue weighted by molar-refractivity contribution is -0.140. The van der Waals surface area contributed by atoms with E-state index in [1.165, 1.54) is 17.0 Å². The van der Waals surface area contributed by atoms with Crippen molar-refractivity contribution in [2.45, 2.75) is 69.5 Å². The summed E-state index contributed by atoms with van der Waals surface area (Å²) in [6.45, 7) is 3.92. The van der Waals surface area contributed by atoms with Gasteiger partial charge in [-0.05, 0) is 68.1 Å². The van der Waals surface area contributed by atoms with Gasteiger partial charge in [0.05, 0.1) is 17.2 Å². The average molecular weight is 578 g/mol. The maximum absolute atomic E-state index is 14.1. The molecule has 0 unspecified atom stereocenters. The highest BCUT2D eigenvalue weighted by Gasteiger charge is 2.34. The van der Waals surface area contributed by atoms with Gasteiger partial charge >= 0.3 is 0 Å². The molecule has 0 aliphatic heterocycles. The Morgan fingerprint density at radius 2 is 1.51 bits per heavy atom. The van der Waals surface area contributed by atoms with Crippen molar-refractivity contribution in [1.82, 2.24) is 10.2 Å². The van der Waals surface area contributed by atoms with Crippen LogP contribution in [0.4, 0.5) is 5.69 Å². The van der Waals surface area contributed by atoms with E-state index >= 15 is 0 Å². The maximum atomic E-state index is 14.1. The molecule has 1 fully saturated rings. The quantitative estimate of drug-likeness (QED) is 0.303. The van der Waals surface area contributed by atoms with Gasteiger partial charge in [0.1, 0.15) is 18.3 Å². The second-order valence-electron chi connectivity index (χ2n) is 10.2. The summed E-state index contributed by atoms with van der Waals surface area (Å²) in [5, 5.41) is 3.13. The van der Waals surface area contributed by atoms with Gasteiger partial charge in [-0.25, -0.2) is 8.42 Å². The minimum Gasteiger partial charge on any atom is -0.494 e. The van der Waals surface area contributed by atoms with Crippen molar-refractivity contribution in [3.05, 3.63) is 90.5 Å². The van der Waals surface area contributed by atoms with Crippen LogP contribution in [-0.2, 0) is 26.2 Å². The highest BCUT2D eigenvalue weighted by molar-refractivity contribution is 7.92. The van der Waals surface area contributed by atoms with E-state index in [2.05, 4.69) is 5.32 Å². The first-order chi connectivity index (χ1) is 19.8. The number of benzene rings is 3. The van der Waals surface area contributed by atoms with Crippen molar-refractivity contribution in [2.75, 3.05) is 17.5 Å². The first-order valence-corrected chi connectivity index (χ1v) is 15.7. The van der Waals surface area contributed by atoms with Crippen molar-refractivity contribution in [1.29, 1.82) is 0 Å². The third-order valence-electron chi connectivity index (χ3n) is 7.33. The molecule has 1 saturated carbocycles. The first kappa shape index (κ1) is 30.1. The molecular formula is C32H39N3O5S. The van der Waals surface area contributed by atoms with Crippen molar-refractivity contribution in [3.63, 3.8) is 0 Å². The number of hydrogen-bond donors (Lipinski definition) is 1. The zero-order chi connectivity index (χ0) is 29.2. The summed E-state index contributed by atoms with van der Waals surface area (Å²) < 4.78 is 34.5. The topological polar surface area (TPSA) is 96.0 Å². The summed E-state index contributed by atoms with van der Waals surface area (Å²) in [6, 6.07) is 23.5. The summed E-state index contributed by atoms with van der Waals surface area (Å²) in [7, 11) is -4.11. The molecule has 3 aromatic rings. The van der Waals surface area contributed by atoms with Crippen LogP contribution in [0.1, 0.15) is 51.5 Å². The largest absolute Gasteiger partial charge is 0.494 e. The van der Waals surface area contributed by atoms with Crippen LogP contribution in [0.25, 0.3) is 0 Å². The second-order valence-corrected chi connectivity index (χ2v) is 12.0. The molecule has 0 saturated heterocycles. The molecule has 9 heteroatoms. The van der Waals surface area contributed by atoms with Gasteiger partial charge in [-0.2, -0.15) is 0 Å². The molecule has 1 N–H and O–H groups in total. The zero-order valence-electron chi connectivity index (χ0n) is 23.7. The summed E-state index contributed by atoms with van der Waals surface area (Å²) in [5.41, 5.74) is 1.18. The van der Waals surface area contributed by atoms with Crippen molar-refractivity contribution >= 4 is 27.5 Å². The van der Waals surface area contributed by atoms with E-state index in [0.717, 1.165) is 35.6 Å². The Kier molecular flexibility index (Phi) is 10.4. The van der Waals surface area contributed by atoms with Crippen molar-refractivity contribution < 1.29 is 22.7 Å². The van der Waals surface area contributed by atoms with E-state index in [1.54, 1.807) is 42.5 Å². The molecule has 8 nitrogen and oxygen atoms in total. The molecular weight excluding hydrogens is 538 g/mol. The van der Waals surface area contributed by atoms with E-state index < -0.39 is 28.5 Å². The molecule has 0 bridgehead atoms. The van der Waals surface area contributed by atoms with E-state index in [1.807, 2.05) is 44.2 Å². The molecule has 2 amide bonds. The predicted octanol–water partition coefficient (Wildman–Crippen LogP) is 5.15. The SMILES string of the molecule is CCOc1ccc(N(CC(=O)N(Cc2ccccc2)[C@@H](CC)C(=O)NC2CCCC2)S(=O)(=O)c2ccccc2)cc1. The van der Waals surface area contributed by atoms with Gasteiger partial charge < -0.3 is 15.0 Å². The predicted molar refractivity (Wildman–Crippen MR) is 160 cm³/mol. The van der Waals surface area contributed by atoms with Crippen molar-refractivity contribution in [3.8, 4) is 5.75 Å². The van der Waals surface area contributed by atoms with Gasteiger partial charge in [-0.3, -0.25) is 13.9 Å². The van der Waals surface area contributed by atoms with Crippen LogP contribution < -0.4 is 14.4 Å². The van der Waals surface area contributed by atoms with E-state index in [-0.39, 0.29) is 23.4 Å². The number of ether oxygens (including phenoxy) is 1. The Balaban J connectivity index is 1.69. The fourth-order valence-corrected chi connectivity index (χ4v) is 6.63. The molecule has 1 atom stereocenters. The molecule has 0 radical (unpaired) electrons. The Hall–Kier alpha value is -3.85. The van der Waals surface area contributed by atoms with Crippen LogP contribution in [0.5, 0.6) is 5.75 Å². The Morgan fingerprint density at radius 3 is 2.10 bits per heavy atom. The number of carbonyl (C=O) groups excluding carboxylic acids is 2. The standard InChI is InChI=1S/C32H39N3O5S/c1-3-30(32(37)33-26-15-11-12-16-26)34(23-25-13-7-5-8-14-25)31(36)24-35(27-19-21-28(22-20-27)40-4-2)41(38,39)29-17-9-6-10-18-29/h5-10,13-14,17-22,26,30H,3-4,11-12,15-16,23-24H2,1-2H3,(H,33,37)/t30-/m0/s1. The number of amides is 2. The minimum atomic E-state index is -4.11. The van der Waals surface area contributed by atoms with Crippen LogP contribution in [0.3, 0.4) is 0 Å². The van der Waals surface area contributed by atoms with E-state index in [0.29, 0.717) is 24.5 Å². The normalized spacial score (nSPS) is 14.3. The number of nitrogens with one attached hydrogen (secondary N) is 1. The van der Waals surface area contributed by atoms with Crippen LogP contribution in [0.2, 0.25) is 0 Å². The maximum Gasteiger partial charge on any atom is 0.264 e. The summed E-state index contributed by atoms with van der Waals surface area (Å²) in [5.74, 6) is -0.0714. The van der Waals surface area contributed by atoms with Gasteiger partial charge in [0.2, 0.25) is 11.8 Å². The number of nitrogens with zero attached hydrogens (tertiary/aromatic N) is 2. The average Bonchev–Trinajstić information content (AvgIpc) is 3.50. The van der Waals surface area contributed by atoms with Gasteiger partial charge in [0, 0.05) is 12.6 Å². The van der Waals surface area contributed by atoms with Gasteiger partial charge in [-0.15, -0.1) is 0 Å². The van der Waals surface area contributed by atoms with E-state index in [9.17, 15) is 18.0 Å². The molecule has 41 heavy (non-hydrogen) atoms. The van der Waals surface area contributed by atoms with Crippen LogP contribution in [0.15, 0.2) is 89.8 Å². The summed E-state index contributed by atoms with van der Waals surface area (Å²) in [4.78, 5) is 29.2. The fourth-order valence-electron chi connectivity index (χ4n) is 5.19. The monoisotopic (exact) mass is 577 g/mol. The molecule has 3 aromatic carbocycles. The van der Waals surface area contributed by atoms with Crippen LogP contribution in [0, 0.1) is 0 Å². The highest BCUT2D eigenvalue weighted by Crippen LogP contribution is 2.27. The van der Waals surface area contributed by atoms with Crippen LogP contribution >= 0.6 is 0 Å². The third kappa shape index (κ3) is 7.67. The third-order valence-corrected chi connectivity index (χ3v) is 9.12. The number of anilines is 1. The number of rotatable bonds is 13. The lowest BCUT2D eigenvalue weighted by Crippen LogP contribution is -2.53. The lowest BCUT2D eigenvalue weighted by atomic mass is 10.1. The Bertz CT molecular complexity index is 1380. The number of hydrogen-bond acceptors (Lipinski definition) is 5. The second kappa shape index (κ2) is 14.2. The fraction of sp³-hybridized carbons (Fsp3) is 0.375. The number of carbonyl (C=O) groups is 2. The molecule has 0 spiro atoms. The smallest absolute Gasteiger partial charge is 0.264 e. The van der Waals surface area contributed by atoms with Gasteiger partial charge in [0.15, 0.2) is 0 Å². The van der Waals surface area contributed by atoms with Crippen molar-refractivity contribution in [2.24, 2.45) is 0 Å². The molecule has 0 heterocycles. The Labute approximate surface area is 243 Å². The molecule has 218 valence electrons. The first-order valence-electron chi connectivity index (χ1n) is 14.3. The van der Waals surface area contributed by atoms with Gasteiger partial charge in [0.25, 0.3) is 10.0 Å². The lowest BCUT2D eigenvalue weighted by Gasteiger charge is -2.33. The van der Waals surface area contributed by atoms with Crippen LogP contribution in [-0.4, -0.2) is 50.4 Å². The number of sulfonamides is 1.